The lowest BCUT2D eigenvalue weighted by atomic mass is 10.2. The van der Waals surface area contributed by atoms with Crippen LogP contribution >= 0.6 is 11.8 Å². The second-order valence-corrected chi connectivity index (χ2v) is 4.71. The first-order chi connectivity index (χ1) is 7.20. The van der Waals surface area contributed by atoms with Crippen LogP contribution < -0.4 is 16.6 Å². The summed E-state index contributed by atoms with van der Waals surface area (Å²) in [6, 6.07) is 0.358. The van der Waals surface area contributed by atoms with Gasteiger partial charge in [-0.1, -0.05) is 6.42 Å². The van der Waals surface area contributed by atoms with Crippen molar-refractivity contribution in [2.45, 2.75) is 39.2 Å². The van der Waals surface area contributed by atoms with Crippen LogP contribution in [0.1, 0.15) is 33.1 Å². The molecule has 0 aromatic heterocycles. The molecule has 0 spiro atoms. The molecule has 0 bridgehead atoms. The number of unbranched alkanes of at least 4 members (excludes halogenated alkanes) is 2. The zero-order valence-corrected chi connectivity index (χ0v) is 10.9. The minimum Gasteiger partial charge on any atom is -0.353 e. The van der Waals surface area contributed by atoms with Gasteiger partial charge in [0, 0.05) is 12.6 Å². The normalized spacial score (nSPS) is 11.9. The number of hydrogen-bond donors (Lipinski definition) is 3. The Balaban J connectivity index is 3.53. The molecule has 0 fully saturated rings. The number of guanidine groups is 1. The molecule has 0 aromatic carbocycles. The van der Waals surface area contributed by atoms with Gasteiger partial charge in [0.05, 0.1) is 0 Å². The maximum Gasteiger partial charge on any atom is 0.205 e. The Labute approximate surface area is 97.5 Å². The fraction of sp³-hybridized carbons (Fsp3) is 0.900. The molecule has 5 heteroatoms. The van der Waals surface area contributed by atoms with E-state index in [2.05, 4.69) is 35.8 Å². The highest BCUT2D eigenvalue weighted by Gasteiger charge is 1.97. The minimum atomic E-state index is 0.358. The molecule has 0 saturated heterocycles. The van der Waals surface area contributed by atoms with Crippen molar-refractivity contribution < 1.29 is 0 Å². The lowest BCUT2D eigenvalue weighted by molar-refractivity contribution is 0.688. The Morgan fingerprint density at radius 3 is 2.60 bits per heavy atom. The van der Waals surface area contributed by atoms with Gasteiger partial charge in [-0.05, 0) is 38.7 Å². The van der Waals surface area contributed by atoms with E-state index in [-0.39, 0.29) is 0 Å². The van der Waals surface area contributed by atoms with Crippen molar-refractivity contribution in [3.63, 3.8) is 0 Å². The second-order valence-electron chi connectivity index (χ2n) is 3.73. The zero-order valence-electron chi connectivity index (χ0n) is 10.0. The van der Waals surface area contributed by atoms with Crippen LogP contribution in [0.5, 0.6) is 0 Å². The van der Waals surface area contributed by atoms with Crippen LogP contribution in [0.25, 0.3) is 0 Å². The van der Waals surface area contributed by atoms with E-state index in [1.165, 1.54) is 18.6 Å². The molecule has 0 rings (SSSR count). The summed E-state index contributed by atoms with van der Waals surface area (Å²) in [5.74, 6) is 7.27. The Hall–Kier alpha value is -0.420. The van der Waals surface area contributed by atoms with Crippen molar-refractivity contribution in [2.75, 3.05) is 18.6 Å². The fourth-order valence-electron chi connectivity index (χ4n) is 1.13. The standard InChI is InChI=1S/C10H24N4S/c1-9(2)13-10(14-11)12-7-5-4-6-8-15-3/h9H,4-8,11H2,1-3H3,(H2,12,13,14). The van der Waals surface area contributed by atoms with Crippen LogP contribution in [0, 0.1) is 0 Å². The van der Waals surface area contributed by atoms with Gasteiger partial charge in [0.2, 0.25) is 5.96 Å². The third-order valence-corrected chi connectivity index (χ3v) is 2.54. The molecule has 0 aliphatic rings. The highest BCUT2D eigenvalue weighted by Crippen LogP contribution is 2.01. The number of nitrogens with one attached hydrogen (secondary N) is 2. The van der Waals surface area contributed by atoms with E-state index >= 15 is 0 Å². The first kappa shape index (κ1) is 14.6. The number of nitrogens with two attached hydrogens (primary N) is 1. The monoisotopic (exact) mass is 232 g/mol. The molecule has 90 valence electrons. The summed E-state index contributed by atoms with van der Waals surface area (Å²) >= 11 is 1.90. The van der Waals surface area contributed by atoms with Gasteiger partial charge in [0.15, 0.2) is 0 Å². The molecule has 0 heterocycles. The Morgan fingerprint density at radius 1 is 1.33 bits per heavy atom. The molecule has 0 atom stereocenters. The topological polar surface area (TPSA) is 62.4 Å². The predicted molar refractivity (Wildman–Crippen MR) is 70.1 cm³/mol. The van der Waals surface area contributed by atoms with E-state index in [9.17, 15) is 0 Å². The van der Waals surface area contributed by atoms with E-state index in [0.29, 0.717) is 12.0 Å². The number of rotatable bonds is 7. The Morgan fingerprint density at radius 2 is 2.07 bits per heavy atom. The van der Waals surface area contributed by atoms with Crippen molar-refractivity contribution in [1.29, 1.82) is 0 Å². The molecule has 4 N–H and O–H groups in total. The molecule has 0 saturated carbocycles. The third-order valence-electron chi connectivity index (χ3n) is 1.84. The SMILES string of the molecule is CSCCCCCN=C(NN)NC(C)C. The molecule has 0 unspecified atom stereocenters. The van der Waals surface area contributed by atoms with Gasteiger partial charge < -0.3 is 5.32 Å². The van der Waals surface area contributed by atoms with E-state index in [4.69, 9.17) is 5.84 Å². The van der Waals surface area contributed by atoms with E-state index < -0.39 is 0 Å². The van der Waals surface area contributed by atoms with Crippen LogP contribution in [0.15, 0.2) is 4.99 Å². The molecule has 0 aromatic rings. The molecule has 0 aliphatic heterocycles. The number of aliphatic imine (C=N–C) groups is 1. The number of nitrogens with zero attached hydrogens (tertiary/aromatic N) is 1. The van der Waals surface area contributed by atoms with Crippen LogP contribution in [0.2, 0.25) is 0 Å². The summed E-state index contributed by atoms with van der Waals surface area (Å²) in [4.78, 5) is 4.34. The highest BCUT2D eigenvalue weighted by molar-refractivity contribution is 7.98. The number of thioether (sulfide) groups is 1. The minimum absolute atomic E-state index is 0.358. The Bertz CT molecular complexity index is 171. The summed E-state index contributed by atoms with van der Waals surface area (Å²) in [5, 5.41) is 3.14. The quantitative estimate of drug-likeness (QED) is 0.204. The fourth-order valence-corrected chi connectivity index (χ4v) is 1.63. The average molecular weight is 232 g/mol. The lowest BCUT2D eigenvalue weighted by Crippen LogP contribution is -2.44. The molecule has 0 radical (unpaired) electrons. The van der Waals surface area contributed by atoms with E-state index in [1.54, 1.807) is 0 Å². The highest BCUT2D eigenvalue weighted by atomic mass is 32.2. The molecule has 4 nitrogen and oxygen atoms in total. The van der Waals surface area contributed by atoms with Gasteiger partial charge in [-0.25, -0.2) is 5.84 Å². The van der Waals surface area contributed by atoms with Crippen LogP contribution in [0.4, 0.5) is 0 Å². The predicted octanol–water partition coefficient (Wildman–Crippen LogP) is 1.34. The van der Waals surface area contributed by atoms with Gasteiger partial charge in [-0.2, -0.15) is 11.8 Å². The van der Waals surface area contributed by atoms with Gasteiger partial charge in [0.1, 0.15) is 0 Å². The largest absolute Gasteiger partial charge is 0.353 e. The summed E-state index contributed by atoms with van der Waals surface area (Å²) < 4.78 is 0. The number of hydrazine groups is 1. The van der Waals surface area contributed by atoms with Crippen molar-refractivity contribution in [3.05, 3.63) is 0 Å². The smallest absolute Gasteiger partial charge is 0.205 e. The van der Waals surface area contributed by atoms with Crippen LogP contribution in [0.3, 0.4) is 0 Å². The second kappa shape index (κ2) is 10.1. The van der Waals surface area contributed by atoms with Crippen LogP contribution in [-0.2, 0) is 0 Å². The molecular formula is C10H24N4S. The van der Waals surface area contributed by atoms with Crippen LogP contribution in [-0.4, -0.2) is 30.6 Å². The molecule has 0 amide bonds. The van der Waals surface area contributed by atoms with Crippen molar-refractivity contribution >= 4 is 17.7 Å². The van der Waals surface area contributed by atoms with Crippen molar-refractivity contribution in [1.82, 2.24) is 10.7 Å². The van der Waals surface area contributed by atoms with Crippen molar-refractivity contribution in [2.24, 2.45) is 10.8 Å². The average Bonchev–Trinajstić information content (AvgIpc) is 2.20. The summed E-state index contributed by atoms with van der Waals surface area (Å²) in [5.41, 5.74) is 2.57. The number of hydrogen-bond acceptors (Lipinski definition) is 3. The van der Waals surface area contributed by atoms with Crippen molar-refractivity contribution in [3.8, 4) is 0 Å². The molecule has 0 aliphatic carbocycles. The first-order valence-electron chi connectivity index (χ1n) is 5.47. The Kier molecular flexibility index (Phi) is 9.83. The van der Waals surface area contributed by atoms with Gasteiger partial charge in [0.25, 0.3) is 0 Å². The summed E-state index contributed by atoms with van der Waals surface area (Å²) in [6.45, 7) is 4.96. The zero-order chi connectivity index (χ0) is 11.5. The van der Waals surface area contributed by atoms with Gasteiger partial charge in [-0.15, -0.1) is 0 Å². The van der Waals surface area contributed by atoms with Gasteiger partial charge in [-0.3, -0.25) is 10.4 Å². The van der Waals surface area contributed by atoms with Gasteiger partial charge >= 0.3 is 0 Å². The maximum atomic E-state index is 5.34. The third kappa shape index (κ3) is 9.87. The molecular weight excluding hydrogens is 208 g/mol. The maximum absolute atomic E-state index is 5.34. The summed E-state index contributed by atoms with van der Waals surface area (Å²) in [7, 11) is 0. The first-order valence-corrected chi connectivity index (χ1v) is 6.86. The summed E-state index contributed by atoms with van der Waals surface area (Å²) in [6.07, 6.45) is 5.79. The van der Waals surface area contributed by atoms with E-state index in [0.717, 1.165) is 13.0 Å². The van der Waals surface area contributed by atoms with E-state index in [1.807, 2.05) is 11.8 Å². The molecule has 15 heavy (non-hydrogen) atoms. The lowest BCUT2D eigenvalue weighted by Gasteiger charge is -2.11.